The number of rotatable bonds is 5. The minimum Gasteiger partial charge on any atom is -0.384 e. The second kappa shape index (κ2) is 5.26. The third kappa shape index (κ3) is 2.65. The SMILES string of the molecule is CCc1n[nH]c(=S)n1CC(C)COC. The molecule has 14 heavy (non-hydrogen) atoms. The molecule has 1 unspecified atom stereocenters. The van der Waals surface area contributed by atoms with Crippen molar-refractivity contribution in [2.45, 2.75) is 26.8 Å². The molecule has 0 spiro atoms. The van der Waals surface area contributed by atoms with Crippen LogP contribution in [0.25, 0.3) is 0 Å². The third-order valence-corrected chi connectivity index (χ3v) is 2.41. The molecule has 0 amide bonds. The number of hydrogen-bond donors (Lipinski definition) is 1. The Morgan fingerprint density at radius 1 is 1.64 bits per heavy atom. The van der Waals surface area contributed by atoms with E-state index in [2.05, 4.69) is 24.0 Å². The van der Waals surface area contributed by atoms with Gasteiger partial charge in [0.25, 0.3) is 0 Å². The zero-order valence-electron chi connectivity index (χ0n) is 8.91. The summed E-state index contributed by atoms with van der Waals surface area (Å²) in [7, 11) is 1.71. The Kier molecular flexibility index (Phi) is 4.28. The summed E-state index contributed by atoms with van der Waals surface area (Å²) in [4.78, 5) is 0. The maximum Gasteiger partial charge on any atom is 0.195 e. The molecule has 1 aromatic rings. The summed E-state index contributed by atoms with van der Waals surface area (Å²) in [6.45, 7) is 5.82. The van der Waals surface area contributed by atoms with Crippen molar-refractivity contribution in [2.24, 2.45) is 5.92 Å². The monoisotopic (exact) mass is 215 g/mol. The Bertz CT molecular complexity index is 331. The zero-order valence-corrected chi connectivity index (χ0v) is 9.73. The number of aromatic nitrogens is 3. The molecule has 0 aliphatic carbocycles. The number of H-pyrrole nitrogens is 1. The van der Waals surface area contributed by atoms with Crippen LogP contribution in [0.15, 0.2) is 0 Å². The molecular weight excluding hydrogens is 198 g/mol. The second-order valence-electron chi connectivity index (χ2n) is 3.47. The lowest BCUT2D eigenvalue weighted by Gasteiger charge is -2.11. The summed E-state index contributed by atoms with van der Waals surface area (Å²) in [5.74, 6) is 1.47. The average molecular weight is 215 g/mol. The summed E-state index contributed by atoms with van der Waals surface area (Å²) in [5, 5.41) is 6.96. The van der Waals surface area contributed by atoms with Crippen LogP contribution in [0, 0.1) is 10.7 Å². The fourth-order valence-corrected chi connectivity index (χ4v) is 1.68. The Balaban J connectivity index is 2.74. The van der Waals surface area contributed by atoms with Crippen molar-refractivity contribution in [1.82, 2.24) is 14.8 Å². The Labute approximate surface area is 89.3 Å². The first-order valence-electron chi connectivity index (χ1n) is 4.82. The molecule has 0 bridgehead atoms. The van der Waals surface area contributed by atoms with Crippen LogP contribution in [-0.4, -0.2) is 28.5 Å². The maximum absolute atomic E-state index is 5.15. The number of aromatic amines is 1. The molecule has 4 nitrogen and oxygen atoms in total. The fourth-order valence-electron chi connectivity index (χ4n) is 1.46. The van der Waals surface area contributed by atoms with Crippen molar-refractivity contribution in [1.29, 1.82) is 0 Å². The number of methoxy groups -OCH3 is 1. The van der Waals surface area contributed by atoms with E-state index in [0.29, 0.717) is 10.7 Å². The Morgan fingerprint density at radius 3 is 2.93 bits per heavy atom. The van der Waals surface area contributed by atoms with Gasteiger partial charge in [-0.1, -0.05) is 13.8 Å². The molecule has 0 radical (unpaired) electrons. The highest BCUT2D eigenvalue weighted by molar-refractivity contribution is 7.71. The summed E-state index contributed by atoms with van der Waals surface area (Å²) < 4.78 is 7.83. The van der Waals surface area contributed by atoms with Gasteiger partial charge in [0.2, 0.25) is 0 Å². The van der Waals surface area contributed by atoms with Gasteiger partial charge in [-0.15, -0.1) is 0 Å². The second-order valence-corrected chi connectivity index (χ2v) is 3.86. The van der Waals surface area contributed by atoms with Gasteiger partial charge in [0.1, 0.15) is 5.82 Å². The molecular formula is C9H17N3OS. The van der Waals surface area contributed by atoms with Crippen LogP contribution in [0.4, 0.5) is 0 Å². The van der Waals surface area contributed by atoms with Crippen molar-refractivity contribution in [3.63, 3.8) is 0 Å². The smallest absolute Gasteiger partial charge is 0.195 e. The third-order valence-electron chi connectivity index (χ3n) is 2.10. The summed E-state index contributed by atoms with van der Waals surface area (Å²) in [5.41, 5.74) is 0. The average Bonchev–Trinajstić information content (AvgIpc) is 2.48. The van der Waals surface area contributed by atoms with Gasteiger partial charge in [-0.05, 0) is 18.1 Å². The molecule has 1 N–H and O–H groups in total. The number of nitrogens with zero attached hydrogens (tertiary/aromatic N) is 2. The molecule has 0 fully saturated rings. The molecule has 5 heteroatoms. The molecule has 1 aromatic heterocycles. The molecule has 0 aliphatic rings. The predicted molar refractivity (Wildman–Crippen MR) is 57.8 cm³/mol. The first-order valence-corrected chi connectivity index (χ1v) is 5.22. The van der Waals surface area contributed by atoms with E-state index in [0.717, 1.165) is 25.4 Å². The van der Waals surface area contributed by atoms with E-state index in [-0.39, 0.29) is 0 Å². The van der Waals surface area contributed by atoms with E-state index in [9.17, 15) is 0 Å². The lowest BCUT2D eigenvalue weighted by Crippen LogP contribution is -2.14. The van der Waals surface area contributed by atoms with E-state index in [4.69, 9.17) is 17.0 Å². The summed E-state index contributed by atoms with van der Waals surface area (Å²) >= 11 is 5.15. The minimum absolute atomic E-state index is 0.453. The molecule has 0 saturated carbocycles. The minimum atomic E-state index is 0.453. The van der Waals surface area contributed by atoms with Crippen molar-refractivity contribution in [3.8, 4) is 0 Å². The first kappa shape index (κ1) is 11.4. The number of aryl methyl sites for hydroxylation is 1. The van der Waals surface area contributed by atoms with Gasteiger partial charge in [0.15, 0.2) is 4.77 Å². The lowest BCUT2D eigenvalue weighted by molar-refractivity contribution is 0.150. The number of hydrogen-bond acceptors (Lipinski definition) is 3. The molecule has 80 valence electrons. The highest BCUT2D eigenvalue weighted by Gasteiger charge is 2.08. The first-order chi connectivity index (χ1) is 6.69. The van der Waals surface area contributed by atoms with E-state index < -0.39 is 0 Å². The Morgan fingerprint density at radius 2 is 2.36 bits per heavy atom. The standard InChI is InChI=1S/C9H17N3OS/c1-4-8-10-11-9(14)12(8)5-7(2)6-13-3/h7H,4-6H2,1-3H3,(H,11,14). The lowest BCUT2D eigenvalue weighted by atomic mass is 10.2. The van der Waals surface area contributed by atoms with Gasteiger partial charge in [-0.2, -0.15) is 5.10 Å². The van der Waals surface area contributed by atoms with Crippen molar-refractivity contribution in [3.05, 3.63) is 10.6 Å². The van der Waals surface area contributed by atoms with Crippen LogP contribution in [0.2, 0.25) is 0 Å². The molecule has 0 aliphatic heterocycles. The van der Waals surface area contributed by atoms with Gasteiger partial charge < -0.3 is 9.30 Å². The van der Waals surface area contributed by atoms with Gasteiger partial charge in [0, 0.05) is 20.1 Å². The molecule has 1 rings (SSSR count). The molecule has 0 saturated heterocycles. The highest BCUT2D eigenvalue weighted by Crippen LogP contribution is 2.05. The van der Waals surface area contributed by atoms with Crippen LogP contribution < -0.4 is 0 Å². The highest BCUT2D eigenvalue weighted by atomic mass is 32.1. The largest absolute Gasteiger partial charge is 0.384 e. The fraction of sp³-hybridized carbons (Fsp3) is 0.778. The zero-order chi connectivity index (χ0) is 10.6. The van der Waals surface area contributed by atoms with E-state index in [1.54, 1.807) is 7.11 Å². The number of nitrogens with one attached hydrogen (secondary N) is 1. The van der Waals surface area contributed by atoms with Gasteiger partial charge in [-0.3, -0.25) is 5.10 Å². The van der Waals surface area contributed by atoms with Crippen LogP contribution in [0.1, 0.15) is 19.7 Å². The maximum atomic E-state index is 5.15. The van der Waals surface area contributed by atoms with Gasteiger partial charge >= 0.3 is 0 Å². The van der Waals surface area contributed by atoms with E-state index >= 15 is 0 Å². The topological polar surface area (TPSA) is 42.8 Å². The van der Waals surface area contributed by atoms with Crippen molar-refractivity contribution < 1.29 is 4.74 Å². The number of ether oxygens (including phenoxy) is 1. The van der Waals surface area contributed by atoms with Crippen LogP contribution >= 0.6 is 12.2 Å². The van der Waals surface area contributed by atoms with E-state index in [1.165, 1.54) is 0 Å². The van der Waals surface area contributed by atoms with Crippen LogP contribution in [0.3, 0.4) is 0 Å². The van der Waals surface area contributed by atoms with Crippen LogP contribution in [-0.2, 0) is 17.7 Å². The van der Waals surface area contributed by atoms with Crippen LogP contribution in [0.5, 0.6) is 0 Å². The quantitative estimate of drug-likeness (QED) is 0.761. The van der Waals surface area contributed by atoms with E-state index in [1.807, 2.05) is 4.57 Å². The molecule has 1 atom stereocenters. The van der Waals surface area contributed by atoms with Crippen molar-refractivity contribution >= 4 is 12.2 Å². The predicted octanol–water partition coefficient (Wildman–Crippen LogP) is 1.79. The molecule has 0 aromatic carbocycles. The van der Waals surface area contributed by atoms with Crippen molar-refractivity contribution in [2.75, 3.05) is 13.7 Å². The van der Waals surface area contributed by atoms with Gasteiger partial charge in [0.05, 0.1) is 6.61 Å². The molecule has 1 heterocycles. The normalized spacial score (nSPS) is 13.1. The summed E-state index contributed by atoms with van der Waals surface area (Å²) in [6, 6.07) is 0. The van der Waals surface area contributed by atoms with Gasteiger partial charge in [-0.25, -0.2) is 0 Å². The Hall–Kier alpha value is -0.680. The summed E-state index contributed by atoms with van der Waals surface area (Å²) in [6.07, 6.45) is 0.896.